The lowest BCUT2D eigenvalue weighted by Gasteiger charge is -2.69. The molecule has 4 bridgehead atoms. The van der Waals surface area contributed by atoms with E-state index in [2.05, 4.69) is 50.1 Å². The number of fused-ring (bicyclic) bond motifs is 2. The van der Waals surface area contributed by atoms with Crippen LogP contribution in [0.4, 0.5) is 9.93 Å². The van der Waals surface area contributed by atoms with E-state index in [9.17, 15) is 76.9 Å². The van der Waals surface area contributed by atoms with Crippen molar-refractivity contribution in [3.05, 3.63) is 120 Å². The third-order valence-electron chi connectivity index (χ3n) is 19.3. The van der Waals surface area contributed by atoms with Gasteiger partial charge in [0.1, 0.15) is 54.8 Å². The summed E-state index contributed by atoms with van der Waals surface area (Å²) < 4.78 is 71.0. The molecule has 2 aliphatic heterocycles. The van der Waals surface area contributed by atoms with Gasteiger partial charge in [0.15, 0.2) is 16.9 Å². The van der Waals surface area contributed by atoms with Crippen molar-refractivity contribution in [2.24, 2.45) is 16.2 Å². The largest absolute Gasteiger partial charge is 0.491 e. The van der Waals surface area contributed by atoms with Gasteiger partial charge in [0.2, 0.25) is 18.1 Å². The molecule has 32 nitrogen and oxygen atoms in total. The highest BCUT2D eigenvalue weighted by Crippen LogP contribution is 2.72. The number of amides is 6. The second kappa shape index (κ2) is 30.1. The number of aliphatic hydroxyl groups excluding tert-OH is 3. The Morgan fingerprint density at radius 1 is 0.817 bits per heavy atom. The number of H-pyrrole nitrogens is 1. The molecule has 4 saturated carbocycles. The fraction of sp³-hybridized carbons (Fsp3) is 0.443. The maximum atomic E-state index is 13.6. The molecule has 6 amide bonds. The van der Waals surface area contributed by atoms with Crippen LogP contribution in [0.1, 0.15) is 97.3 Å². The summed E-state index contributed by atoms with van der Waals surface area (Å²) >= 11 is 1.37. The second-order valence-electron chi connectivity index (χ2n) is 27.8. The Hall–Kier alpha value is -9.78. The molecule has 104 heavy (non-hydrogen) atoms. The zero-order valence-corrected chi connectivity index (χ0v) is 58.3. The Balaban J connectivity index is 0.641. The Bertz CT molecular complexity index is 4580. The summed E-state index contributed by atoms with van der Waals surface area (Å²) in [6.07, 6.45) is -1.29. The molecule has 6 aliphatic rings. The summed E-state index contributed by atoms with van der Waals surface area (Å²) in [6, 6.07) is 20.6. The number of nitrogens with zero attached hydrogens (tertiary/aromatic N) is 5. The minimum Gasteiger partial charge on any atom is -0.491 e. The molecule has 34 heteroatoms. The predicted molar refractivity (Wildman–Crippen MR) is 369 cm³/mol. The van der Waals surface area contributed by atoms with Crippen LogP contribution >= 0.6 is 11.3 Å². The predicted octanol–water partition coefficient (Wildman–Crippen LogP) is 4.88. The average molecular weight is 1480 g/mol. The number of aliphatic hydroxyl groups is 3. The van der Waals surface area contributed by atoms with Gasteiger partial charge in [-0.25, -0.2) is 24.4 Å². The molecule has 8 atom stereocenters. The number of carbonyl (C=O) groups excluding carboxylic acids is 6. The highest BCUT2D eigenvalue weighted by molar-refractivity contribution is 7.85. The lowest BCUT2D eigenvalue weighted by molar-refractivity contribution is -0.271. The number of imide groups is 1. The smallest absolute Gasteiger partial charge is 0.407 e. The van der Waals surface area contributed by atoms with E-state index in [-0.39, 0.29) is 91.0 Å². The zero-order valence-electron chi connectivity index (χ0n) is 56.7. The number of hydrogen-bond acceptors (Lipinski definition) is 23. The Morgan fingerprint density at radius 2 is 1.58 bits per heavy atom. The van der Waals surface area contributed by atoms with E-state index < -0.39 is 106 Å². The first-order valence-corrected chi connectivity index (χ1v) is 36.0. The van der Waals surface area contributed by atoms with Gasteiger partial charge >= 0.3 is 18.0 Å². The quantitative estimate of drug-likeness (QED) is 0.0157. The molecule has 1 saturated heterocycles. The monoisotopic (exact) mass is 1470 g/mol. The number of carboxylic acid groups (broad SMARTS) is 2. The zero-order chi connectivity index (χ0) is 74.0. The summed E-state index contributed by atoms with van der Waals surface area (Å²) in [7, 11) is -4.79. The number of benzene rings is 3. The van der Waals surface area contributed by atoms with E-state index >= 15 is 0 Å². The van der Waals surface area contributed by atoms with Crippen molar-refractivity contribution in [3.63, 3.8) is 0 Å². The molecule has 0 radical (unpaired) electrons. The van der Waals surface area contributed by atoms with Gasteiger partial charge in [-0.05, 0) is 117 Å². The van der Waals surface area contributed by atoms with Gasteiger partial charge in [0.25, 0.3) is 27.8 Å². The number of thiazole rings is 1. The van der Waals surface area contributed by atoms with Crippen molar-refractivity contribution in [1.82, 2.24) is 45.6 Å². The minimum absolute atomic E-state index is 0.0379. The third kappa shape index (κ3) is 16.7. The number of aromatic nitrogens is 5. The van der Waals surface area contributed by atoms with Crippen LogP contribution in [0.25, 0.3) is 43.6 Å². The van der Waals surface area contributed by atoms with Crippen molar-refractivity contribution in [1.29, 1.82) is 0 Å². The molecule has 11 N–H and O–H groups in total. The first-order valence-electron chi connectivity index (χ1n) is 33.6. The summed E-state index contributed by atoms with van der Waals surface area (Å²) in [6.45, 7) is 6.19. The summed E-state index contributed by atoms with van der Waals surface area (Å²) in [4.78, 5) is 114. The number of alkyl carbamates (subject to hydrolysis) is 1. The van der Waals surface area contributed by atoms with E-state index in [0.29, 0.717) is 58.3 Å². The molecule has 552 valence electrons. The van der Waals surface area contributed by atoms with Gasteiger partial charge in [-0.3, -0.25) is 43.4 Å². The SMILES string of the molecule is Cc1c(-c2ccc(-c3cc4cccc(C(=O)Nc5nc6ccccc6s5)c4[nH]3)nc2C(=O)O)cnn1CC12CC3(C)CC(C)(C1)CC(OCCCNC(=O)OCc1ccc(O[C@@H]4O[C@H](C(=O)O)[C@@H](O)[C@H](O)[C@H]4O)cc1OCCOCCNC(=O)[C@H](CS(=O)(=O)O)NC(=O)CCN1C(=O)C=CC1=O)(C3)C2. The number of rotatable bonds is 31. The Kier molecular flexibility index (Phi) is 21.4. The number of aromatic amines is 1. The van der Waals surface area contributed by atoms with Crippen LogP contribution in [0.3, 0.4) is 0 Å². The van der Waals surface area contributed by atoms with Gasteiger partial charge in [0.05, 0.1) is 57.7 Å². The standard InChI is InChI=1S/C70H78N10O22S2/c1-38-44(42-14-15-45(75-55(42)62(89)90)47-26-39-8-6-9-43(54(39)76-47)60(87)78-65-77-46-10-4-5-11-50(46)103-65)28-73-80(38)37-69-32-67(2)31-68(3,33-69)35-70(34-67,36-69)100-22-7-19-72-66(93)99-29-40-12-13-41(101-64-58(86)56(84)57(85)59(102-64)63(91)92)27-49(40)98-25-24-97-23-20-71-61(88)48(30-104(94,95)96)74-51(81)18-21-79-52(82)16-17-53(79)83/h4-6,8-17,26-28,48,56-59,64,76,84-86H,7,18-25,29-37H2,1-3H3,(H,71,88)(H,72,93)(H,74,81)(H,89,90)(H,91,92)(H,77,78,87)(H,94,95,96)/t48-,56-,57-,58+,59-,64+,67?,68?,69?,70?/m0/s1. The van der Waals surface area contributed by atoms with E-state index in [4.69, 9.17) is 33.5 Å². The van der Waals surface area contributed by atoms with E-state index in [1.807, 2.05) is 48.0 Å². The summed E-state index contributed by atoms with van der Waals surface area (Å²) in [5.41, 5.74) is 3.83. The molecule has 3 aromatic carbocycles. The third-order valence-corrected chi connectivity index (χ3v) is 21.0. The number of hydrogen-bond donors (Lipinski definition) is 11. The topological polar surface area (TPSA) is 458 Å². The molecule has 4 aliphatic carbocycles. The number of aliphatic carboxylic acids is 1. The normalized spacial score (nSPS) is 24.4. The number of aromatic carboxylic acids is 1. The van der Waals surface area contributed by atoms with Gasteiger partial charge in [-0.1, -0.05) is 49.4 Å². The molecule has 7 aromatic rings. The van der Waals surface area contributed by atoms with Crippen LogP contribution in [-0.4, -0.2) is 210 Å². The Morgan fingerprint density at radius 3 is 2.31 bits per heavy atom. The lowest BCUT2D eigenvalue weighted by atomic mass is 9.39. The number of anilines is 1. The minimum atomic E-state index is -4.79. The highest BCUT2D eigenvalue weighted by Gasteiger charge is 2.66. The molecule has 0 spiro atoms. The number of para-hydroxylation sites is 2. The highest BCUT2D eigenvalue weighted by atomic mass is 32.2. The number of pyridine rings is 1. The van der Waals surface area contributed by atoms with Gasteiger partial charge in [0, 0.05) is 85.2 Å². The number of carbonyl (C=O) groups is 8. The van der Waals surface area contributed by atoms with Crippen molar-refractivity contribution in [3.8, 4) is 34.0 Å². The number of carboxylic acids is 2. The van der Waals surface area contributed by atoms with E-state index in [1.54, 1.807) is 30.5 Å². The van der Waals surface area contributed by atoms with E-state index in [0.717, 1.165) is 76.9 Å². The number of ether oxygens (including phenoxy) is 6. The molecule has 4 aromatic heterocycles. The van der Waals surface area contributed by atoms with Crippen molar-refractivity contribution >= 4 is 95.3 Å². The van der Waals surface area contributed by atoms with Crippen LogP contribution in [0.2, 0.25) is 0 Å². The maximum absolute atomic E-state index is 13.6. The fourth-order valence-electron chi connectivity index (χ4n) is 16.0. The van der Waals surface area contributed by atoms with Crippen molar-refractivity contribution < 1.29 is 105 Å². The molecular formula is C70H78N10O22S2. The van der Waals surface area contributed by atoms with Gasteiger partial charge in [-0.15, -0.1) is 0 Å². The van der Waals surface area contributed by atoms with Crippen molar-refractivity contribution in [2.45, 2.75) is 128 Å². The summed E-state index contributed by atoms with van der Waals surface area (Å²) in [5, 5.41) is 67.9. The fourth-order valence-corrected chi connectivity index (χ4v) is 17.5. The summed E-state index contributed by atoms with van der Waals surface area (Å²) in [5.74, 6) is -7.65. The van der Waals surface area contributed by atoms with Crippen LogP contribution in [0, 0.1) is 23.2 Å². The second-order valence-corrected chi connectivity index (χ2v) is 30.3. The van der Waals surface area contributed by atoms with Gasteiger partial charge < -0.3 is 74.9 Å². The van der Waals surface area contributed by atoms with E-state index in [1.165, 1.54) is 29.5 Å². The Labute approximate surface area is 598 Å². The van der Waals surface area contributed by atoms with Crippen LogP contribution in [0.5, 0.6) is 11.5 Å². The van der Waals surface area contributed by atoms with Crippen LogP contribution in [-0.2, 0) is 66.2 Å². The molecular weight excluding hydrogens is 1400 g/mol. The molecule has 6 heterocycles. The lowest BCUT2D eigenvalue weighted by Crippen LogP contribution is -2.64. The maximum Gasteiger partial charge on any atom is 0.407 e. The van der Waals surface area contributed by atoms with Crippen LogP contribution < -0.4 is 30.7 Å². The van der Waals surface area contributed by atoms with Gasteiger partial charge in [-0.2, -0.15) is 13.5 Å². The first kappa shape index (κ1) is 74.0. The molecule has 2 unspecified atom stereocenters. The molecule has 13 rings (SSSR count). The first-order chi connectivity index (χ1) is 49.5. The van der Waals surface area contributed by atoms with Crippen molar-refractivity contribution in [2.75, 3.05) is 57.1 Å². The average Bonchev–Trinajstić information content (AvgIpc) is 0.862. The number of nitrogens with one attached hydrogen (secondary N) is 5. The van der Waals surface area contributed by atoms with Crippen LogP contribution in [0.15, 0.2) is 97.2 Å². The molecule has 5 fully saturated rings.